The fraction of sp³-hybridized carbons (Fsp3) is 0.174. The number of hydrogen-bond acceptors (Lipinski definition) is 8. The van der Waals surface area contributed by atoms with Crippen LogP contribution in [-0.4, -0.2) is 32.1 Å². The normalized spacial score (nSPS) is 11.8. The van der Waals surface area contributed by atoms with E-state index in [0.29, 0.717) is 27.4 Å². The van der Waals surface area contributed by atoms with Crippen molar-refractivity contribution in [2.75, 3.05) is 17.7 Å². The van der Waals surface area contributed by atoms with Gasteiger partial charge in [-0.2, -0.15) is 4.98 Å². The van der Waals surface area contributed by atoms with Crippen LogP contribution in [-0.2, 0) is 4.74 Å². The Morgan fingerprint density at radius 3 is 2.67 bits per heavy atom. The van der Waals surface area contributed by atoms with E-state index in [1.165, 1.54) is 10.8 Å². The van der Waals surface area contributed by atoms with Crippen LogP contribution in [0.15, 0.2) is 59.5 Å². The van der Waals surface area contributed by atoms with Gasteiger partial charge < -0.3 is 15.8 Å². The number of anilines is 2. The summed E-state index contributed by atoms with van der Waals surface area (Å²) in [5.74, 6) is -0.0381. The van der Waals surface area contributed by atoms with Crippen molar-refractivity contribution < 1.29 is 9.53 Å². The lowest BCUT2D eigenvalue weighted by Crippen LogP contribution is -2.28. The number of nitrogens with two attached hydrogens (primary N) is 1. The van der Waals surface area contributed by atoms with Gasteiger partial charge in [0.1, 0.15) is 17.2 Å². The van der Waals surface area contributed by atoms with Crippen molar-refractivity contribution in [1.82, 2.24) is 19.5 Å². The minimum Gasteiger partial charge on any atom is -0.462 e. The van der Waals surface area contributed by atoms with Crippen LogP contribution in [0.1, 0.15) is 36.1 Å². The van der Waals surface area contributed by atoms with Crippen LogP contribution >= 0.6 is 11.6 Å². The summed E-state index contributed by atoms with van der Waals surface area (Å²) in [6, 6.07) is 13.6. The largest absolute Gasteiger partial charge is 0.462 e. The molecule has 0 aliphatic heterocycles. The Hall–Kier alpha value is -3.98. The fourth-order valence-electron chi connectivity index (χ4n) is 3.46. The van der Waals surface area contributed by atoms with Crippen LogP contribution < -0.4 is 16.6 Å². The lowest BCUT2D eigenvalue weighted by atomic mass is 10.2. The third-order valence-corrected chi connectivity index (χ3v) is 5.25. The van der Waals surface area contributed by atoms with Crippen LogP contribution in [0, 0.1) is 0 Å². The van der Waals surface area contributed by atoms with E-state index in [2.05, 4.69) is 15.3 Å². The zero-order valence-electron chi connectivity index (χ0n) is 17.9. The molecule has 9 nitrogen and oxygen atoms in total. The molecule has 0 bridgehead atoms. The molecular weight excluding hydrogens is 444 g/mol. The summed E-state index contributed by atoms with van der Waals surface area (Å²) in [6.45, 7) is 3.69. The van der Waals surface area contributed by atoms with Gasteiger partial charge in [0, 0.05) is 6.20 Å². The number of esters is 1. The van der Waals surface area contributed by atoms with Gasteiger partial charge in [0.05, 0.1) is 34.3 Å². The number of ether oxygens (including phenoxy) is 1. The van der Waals surface area contributed by atoms with Crippen LogP contribution in [0.25, 0.3) is 16.6 Å². The summed E-state index contributed by atoms with van der Waals surface area (Å²) in [7, 11) is 0. The first-order valence-electron chi connectivity index (χ1n) is 10.2. The molecule has 3 N–H and O–H groups in total. The average Bonchev–Trinajstić information content (AvgIpc) is 2.79. The Morgan fingerprint density at radius 2 is 1.94 bits per heavy atom. The van der Waals surface area contributed by atoms with Gasteiger partial charge in [0.15, 0.2) is 0 Å². The molecule has 0 saturated carbocycles. The first-order chi connectivity index (χ1) is 15.9. The number of aromatic nitrogens is 4. The van der Waals surface area contributed by atoms with Crippen molar-refractivity contribution in [3.05, 3.63) is 81.5 Å². The number of rotatable bonds is 6. The highest BCUT2D eigenvalue weighted by Gasteiger charge is 2.22. The van der Waals surface area contributed by atoms with Crippen LogP contribution in [0.4, 0.5) is 11.8 Å². The Bertz CT molecular complexity index is 1390. The molecule has 0 radical (unpaired) electrons. The second-order valence-electron chi connectivity index (χ2n) is 7.16. The van der Waals surface area contributed by atoms with Crippen LogP contribution in [0.5, 0.6) is 0 Å². The molecule has 0 saturated heterocycles. The molecule has 2 aromatic heterocycles. The first-order valence-corrected chi connectivity index (χ1v) is 10.6. The Kier molecular flexibility index (Phi) is 6.23. The molecule has 4 aromatic rings. The van der Waals surface area contributed by atoms with Crippen molar-refractivity contribution >= 4 is 40.2 Å². The molecule has 4 rings (SSSR count). The number of para-hydroxylation sites is 1. The fourth-order valence-corrected chi connectivity index (χ4v) is 3.71. The summed E-state index contributed by atoms with van der Waals surface area (Å²) >= 11 is 6.34. The molecule has 2 aromatic carbocycles. The highest BCUT2D eigenvalue weighted by atomic mass is 35.5. The third-order valence-electron chi connectivity index (χ3n) is 4.93. The van der Waals surface area contributed by atoms with Gasteiger partial charge in [0.2, 0.25) is 5.95 Å². The van der Waals surface area contributed by atoms with E-state index in [0.717, 1.165) is 0 Å². The Labute approximate surface area is 194 Å². The lowest BCUT2D eigenvalue weighted by Gasteiger charge is -2.21. The average molecular weight is 465 g/mol. The highest BCUT2D eigenvalue weighted by molar-refractivity contribution is 6.35. The minimum absolute atomic E-state index is 0.0172. The Balaban J connectivity index is 1.88. The maximum Gasteiger partial charge on any atom is 0.343 e. The van der Waals surface area contributed by atoms with Gasteiger partial charge in [-0.05, 0) is 38.1 Å². The molecule has 10 heteroatoms. The first kappa shape index (κ1) is 22.2. The maximum atomic E-state index is 13.5. The standard InChI is InChI=1S/C23H21ClN6O3/c1-3-33-22(32)15-12-26-23(25)29-19(15)27-13(2)20-28-17-11-7-10-16(24)18(17)21(31)30(20)14-8-5-4-6-9-14/h4-13H,3H2,1-2H3,(H3,25,26,27,29). The van der Waals surface area contributed by atoms with Gasteiger partial charge in [-0.1, -0.05) is 35.9 Å². The predicted molar refractivity (Wildman–Crippen MR) is 127 cm³/mol. The molecule has 0 fully saturated rings. The van der Waals surface area contributed by atoms with Gasteiger partial charge in [-0.15, -0.1) is 0 Å². The number of hydrogen-bond donors (Lipinski definition) is 2. The van der Waals surface area contributed by atoms with Gasteiger partial charge in [-0.25, -0.2) is 14.8 Å². The summed E-state index contributed by atoms with van der Waals surface area (Å²) < 4.78 is 6.58. The molecular formula is C23H21ClN6O3. The predicted octanol–water partition coefficient (Wildman–Crippen LogP) is 3.76. The maximum absolute atomic E-state index is 13.5. The zero-order valence-corrected chi connectivity index (χ0v) is 18.7. The monoisotopic (exact) mass is 464 g/mol. The smallest absolute Gasteiger partial charge is 0.343 e. The number of fused-ring (bicyclic) bond motifs is 1. The zero-order chi connectivity index (χ0) is 23.5. The third kappa shape index (κ3) is 4.35. The molecule has 2 heterocycles. The number of halogens is 1. The summed E-state index contributed by atoms with van der Waals surface area (Å²) in [5.41, 5.74) is 6.63. The van der Waals surface area contributed by atoms with E-state index in [-0.39, 0.29) is 29.5 Å². The van der Waals surface area contributed by atoms with E-state index < -0.39 is 12.0 Å². The van der Waals surface area contributed by atoms with Crippen molar-refractivity contribution in [2.45, 2.75) is 19.9 Å². The second kappa shape index (κ2) is 9.25. The Morgan fingerprint density at radius 1 is 1.18 bits per heavy atom. The summed E-state index contributed by atoms with van der Waals surface area (Å²) in [5, 5.41) is 3.77. The summed E-state index contributed by atoms with van der Waals surface area (Å²) in [6.07, 6.45) is 1.30. The number of nitrogens with zero attached hydrogens (tertiary/aromatic N) is 4. The second-order valence-corrected chi connectivity index (χ2v) is 7.56. The van der Waals surface area contributed by atoms with Gasteiger partial charge in [0.25, 0.3) is 5.56 Å². The lowest BCUT2D eigenvalue weighted by molar-refractivity contribution is 0.0526. The van der Waals surface area contributed by atoms with E-state index in [9.17, 15) is 9.59 Å². The van der Waals surface area contributed by atoms with Crippen molar-refractivity contribution in [2.24, 2.45) is 0 Å². The molecule has 0 aliphatic carbocycles. The molecule has 33 heavy (non-hydrogen) atoms. The molecule has 0 aliphatic rings. The van der Waals surface area contributed by atoms with Crippen molar-refractivity contribution in [1.29, 1.82) is 0 Å². The minimum atomic E-state index is -0.592. The number of nitrogens with one attached hydrogen (secondary N) is 1. The van der Waals surface area contributed by atoms with Crippen molar-refractivity contribution in [3.8, 4) is 5.69 Å². The molecule has 1 unspecified atom stereocenters. The van der Waals surface area contributed by atoms with E-state index in [4.69, 9.17) is 27.1 Å². The van der Waals surface area contributed by atoms with E-state index >= 15 is 0 Å². The molecule has 168 valence electrons. The van der Waals surface area contributed by atoms with E-state index in [1.807, 2.05) is 18.2 Å². The van der Waals surface area contributed by atoms with Gasteiger partial charge >= 0.3 is 5.97 Å². The highest BCUT2D eigenvalue weighted by Crippen LogP contribution is 2.25. The van der Waals surface area contributed by atoms with Gasteiger partial charge in [-0.3, -0.25) is 9.36 Å². The van der Waals surface area contributed by atoms with Crippen LogP contribution in [0.3, 0.4) is 0 Å². The number of carbonyl (C=O) groups excluding carboxylic acids is 1. The SMILES string of the molecule is CCOC(=O)c1cnc(N)nc1NC(C)c1nc2cccc(Cl)c2c(=O)n1-c1ccccc1. The summed E-state index contributed by atoms with van der Waals surface area (Å²) in [4.78, 5) is 38.7. The molecule has 1 atom stereocenters. The van der Waals surface area contributed by atoms with Crippen molar-refractivity contribution in [3.63, 3.8) is 0 Å². The molecule has 0 spiro atoms. The topological polar surface area (TPSA) is 125 Å². The number of carbonyl (C=O) groups is 1. The number of benzene rings is 2. The number of nitrogen functional groups attached to an aromatic ring is 1. The van der Waals surface area contributed by atoms with Crippen LogP contribution in [0.2, 0.25) is 5.02 Å². The van der Waals surface area contributed by atoms with E-state index in [1.54, 1.807) is 44.2 Å². The quantitative estimate of drug-likeness (QED) is 0.413. The molecule has 0 amide bonds.